The highest BCUT2D eigenvalue weighted by Gasteiger charge is 2.26. The lowest BCUT2D eigenvalue weighted by atomic mass is 10.3. The number of nitrogens with zero attached hydrogens (tertiary/aromatic N) is 1. The maximum Gasteiger partial charge on any atom is 0.319 e. The molecule has 0 radical (unpaired) electrons. The molecule has 1 atom stereocenters. The SMILES string of the molecule is CC(Sc1ccccc1)C(=O)OCCOc1ccc(S(=O)(=O)N2CCOCC2)cc1. The average molecular weight is 452 g/mol. The zero-order valence-corrected chi connectivity index (χ0v) is 18.4. The largest absolute Gasteiger partial charge is 0.490 e. The normalized spacial score (nSPS) is 16.0. The number of rotatable bonds is 9. The van der Waals surface area contributed by atoms with Crippen LogP contribution in [0.2, 0.25) is 0 Å². The van der Waals surface area contributed by atoms with E-state index in [0.717, 1.165) is 4.90 Å². The van der Waals surface area contributed by atoms with Gasteiger partial charge >= 0.3 is 5.97 Å². The molecule has 162 valence electrons. The minimum atomic E-state index is -3.52. The molecule has 3 rings (SSSR count). The molecule has 1 saturated heterocycles. The van der Waals surface area contributed by atoms with Gasteiger partial charge in [0.25, 0.3) is 0 Å². The first-order chi connectivity index (χ1) is 14.5. The van der Waals surface area contributed by atoms with Crippen LogP contribution in [0.15, 0.2) is 64.4 Å². The smallest absolute Gasteiger partial charge is 0.319 e. The highest BCUT2D eigenvalue weighted by Crippen LogP contribution is 2.23. The van der Waals surface area contributed by atoms with E-state index >= 15 is 0 Å². The summed E-state index contributed by atoms with van der Waals surface area (Å²) in [7, 11) is -3.52. The van der Waals surface area contributed by atoms with Crippen molar-refractivity contribution in [2.75, 3.05) is 39.5 Å². The Balaban J connectivity index is 1.42. The lowest BCUT2D eigenvalue weighted by Crippen LogP contribution is -2.40. The van der Waals surface area contributed by atoms with Crippen molar-refractivity contribution >= 4 is 27.8 Å². The summed E-state index contributed by atoms with van der Waals surface area (Å²) in [5.41, 5.74) is 0. The maximum atomic E-state index is 12.6. The van der Waals surface area contributed by atoms with Crippen molar-refractivity contribution in [2.45, 2.75) is 22.0 Å². The standard InChI is InChI=1S/C21H25NO6S2/c1-17(29-19-5-3-2-4-6-19)21(23)28-16-15-27-18-7-9-20(10-8-18)30(24,25)22-11-13-26-14-12-22/h2-10,17H,11-16H2,1H3. The van der Waals surface area contributed by atoms with Crippen molar-refractivity contribution in [1.82, 2.24) is 4.31 Å². The highest BCUT2D eigenvalue weighted by atomic mass is 32.2. The Morgan fingerprint density at radius 2 is 1.73 bits per heavy atom. The zero-order chi connectivity index (χ0) is 21.4. The third kappa shape index (κ3) is 6.21. The van der Waals surface area contributed by atoms with Crippen LogP contribution in [0.1, 0.15) is 6.92 Å². The molecule has 0 aromatic heterocycles. The molecule has 2 aromatic carbocycles. The fourth-order valence-electron chi connectivity index (χ4n) is 2.81. The monoisotopic (exact) mass is 451 g/mol. The summed E-state index contributed by atoms with van der Waals surface area (Å²) in [6.07, 6.45) is 0. The molecule has 0 spiro atoms. The second-order valence-corrected chi connectivity index (χ2v) is 9.93. The van der Waals surface area contributed by atoms with E-state index in [4.69, 9.17) is 14.2 Å². The number of thioether (sulfide) groups is 1. The second-order valence-electron chi connectivity index (χ2n) is 6.58. The van der Waals surface area contributed by atoms with Crippen LogP contribution in [0.3, 0.4) is 0 Å². The van der Waals surface area contributed by atoms with E-state index in [2.05, 4.69) is 0 Å². The van der Waals surface area contributed by atoms with Gasteiger partial charge in [-0.15, -0.1) is 11.8 Å². The molecule has 1 fully saturated rings. The van der Waals surface area contributed by atoms with Crippen molar-refractivity contribution in [2.24, 2.45) is 0 Å². The van der Waals surface area contributed by atoms with Gasteiger partial charge in [-0.2, -0.15) is 4.31 Å². The van der Waals surface area contributed by atoms with Crippen LogP contribution in [-0.2, 0) is 24.3 Å². The first-order valence-electron chi connectivity index (χ1n) is 9.66. The lowest BCUT2D eigenvalue weighted by molar-refractivity contribution is -0.143. The van der Waals surface area contributed by atoms with Gasteiger partial charge in [0.2, 0.25) is 10.0 Å². The molecule has 2 aromatic rings. The molecule has 0 aliphatic carbocycles. The van der Waals surface area contributed by atoms with E-state index in [1.165, 1.54) is 28.2 Å². The Labute approximate surface area is 181 Å². The average Bonchev–Trinajstić information content (AvgIpc) is 2.78. The maximum absolute atomic E-state index is 12.6. The number of morpholine rings is 1. The molecule has 30 heavy (non-hydrogen) atoms. The van der Waals surface area contributed by atoms with Gasteiger partial charge < -0.3 is 14.2 Å². The molecule has 7 nitrogen and oxygen atoms in total. The van der Waals surface area contributed by atoms with Crippen LogP contribution in [0.25, 0.3) is 0 Å². The fourth-order valence-corrected chi connectivity index (χ4v) is 5.11. The number of hydrogen-bond donors (Lipinski definition) is 0. The molecule has 0 bridgehead atoms. The van der Waals surface area contributed by atoms with E-state index in [1.807, 2.05) is 30.3 Å². The minimum Gasteiger partial charge on any atom is -0.490 e. The summed E-state index contributed by atoms with van der Waals surface area (Å²) in [5, 5.41) is -0.322. The van der Waals surface area contributed by atoms with Gasteiger partial charge in [-0.25, -0.2) is 8.42 Å². The quantitative estimate of drug-likeness (QED) is 0.329. The molecule has 0 amide bonds. The van der Waals surface area contributed by atoms with Crippen LogP contribution in [0.4, 0.5) is 0 Å². The Morgan fingerprint density at radius 1 is 1.07 bits per heavy atom. The molecule has 1 heterocycles. The second kappa shape index (κ2) is 10.8. The first-order valence-corrected chi connectivity index (χ1v) is 12.0. The van der Waals surface area contributed by atoms with Gasteiger partial charge in [0.1, 0.15) is 24.2 Å². The number of ether oxygens (including phenoxy) is 3. The molecule has 9 heteroatoms. The highest BCUT2D eigenvalue weighted by molar-refractivity contribution is 8.00. The number of sulfonamides is 1. The summed E-state index contributed by atoms with van der Waals surface area (Å²) in [6, 6.07) is 15.9. The molecule has 0 N–H and O–H groups in total. The van der Waals surface area contributed by atoms with Gasteiger partial charge in [0.05, 0.1) is 18.1 Å². The Morgan fingerprint density at radius 3 is 2.40 bits per heavy atom. The number of esters is 1. The van der Waals surface area contributed by atoms with Crippen molar-refractivity contribution < 1.29 is 27.4 Å². The Hall–Kier alpha value is -2.07. The zero-order valence-electron chi connectivity index (χ0n) is 16.7. The van der Waals surface area contributed by atoms with E-state index in [1.54, 1.807) is 19.1 Å². The van der Waals surface area contributed by atoms with Gasteiger partial charge in [-0.1, -0.05) is 18.2 Å². The van der Waals surface area contributed by atoms with Crippen molar-refractivity contribution in [1.29, 1.82) is 0 Å². The van der Waals surface area contributed by atoms with Gasteiger partial charge in [0, 0.05) is 18.0 Å². The first kappa shape index (κ1) is 22.6. The number of hydrogen-bond acceptors (Lipinski definition) is 7. The van der Waals surface area contributed by atoms with E-state index < -0.39 is 10.0 Å². The topological polar surface area (TPSA) is 82.1 Å². The molecule has 1 aliphatic rings. The van der Waals surface area contributed by atoms with Crippen LogP contribution >= 0.6 is 11.8 Å². The fraction of sp³-hybridized carbons (Fsp3) is 0.381. The number of benzene rings is 2. The van der Waals surface area contributed by atoms with Gasteiger partial charge in [-0.05, 0) is 43.3 Å². The van der Waals surface area contributed by atoms with Crippen molar-refractivity contribution in [3.05, 3.63) is 54.6 Å². The molecular weight excluding hydrogens is 426 g/mol. The van der Waals surface area contributed by atoms with Crippen LogP contribution in [0, 0.1) is 0 Å². The van der Waals surface area contributed by atoms with Crippen molar-refractivity contribution in [3.8, 4) is 5.75 Å². The number of carbonyl (C=O) groups excluding carboxylic acids is 1. The number of carbonyl (C=O) groups is 1. The summed E-state index contributed by atoms with van der Waals surface area (Å²) in [5.74, 6) is 0.207. The Bertz CT molecular complexity index is 912. The molecule has 1 unspecified atom stereocenters. The van der Waals surface area contributed by atoms with Gasteiger partial charge in [-0.3, -0.25) is 4.79 Å². The molecule has 1 aliphatic heterocycles. The third-order valence-electron chi connectivity index (χ3n) is 4.42. The predicted molar refractivity (Wildman–Crippen MR) is 114 cm³/mol. The van der Waals surface area contributed by atoms with Crippen LogP contribution < -0.4 is 4.74 Å². The van der Waals surface area contributed by atoms with Crippen LogP contribution in [0.5, 0.6) is 5.75 Å². The minimum absolute atomic E-state index is 0.117. The summed E-state index contributed by atoms with van der Waals surface area (Å²) >= 11 is 1.44. The van der Waals surface area contributed by atoms with E-state index in [-0.39, 0.29) is 29.3 Å². The van der Waals surface area contributed by atoms with E-state index in [9.17, 15) is 13.2 Å². The predicted octanol–water partition coefficient (Wildman–Crippen LogP) is 2.81. The van der Waals surface area contributed by atoms with Crippen LogP contribution in [-0.4, -0.2) is 63.5 Å². The summed E-state index contributed by atoms with van der Waals surface area (Å²) < 4.78 is 42.6. The summed E-state index contributed by atoms with van der Waals surface area (Å²) in [6.45, 7) is 3.62. The Kier molecular flexibility index (Phi) is 8.15. The lowest BCUT2D eigenvalue weighted by Gasteiger charge is -2.26. The van der Waals surface area contributed by atoms with Crippen molar-refractivity contribution in [3.63, 3.8) is 0 Å². The molecule has 0 saturated carbocycles. The molecular formula is C21H25NO6S2. The summed E-state index contributed by atoms with van der Waals surface area (Å²) in [4.78, 5) is 13.3. The third-order valence-corrected chi connectivity index (χ3v) is 7.42. The van der Waals surface area contributed by atoms with E-state index in [0.29, 0.717) is 32.1 Å². The van der Waals surface area contributed by atoms with Gasteiger partial charge in [0.15, 0.2) is 0 Å².